The number of rotatable bonds is 8. The normalized spacial score (nSPS) is 13.4. The van der Waals surface area contributed by atoms with Gasteiger partial charge in [-0.05, 0) is 56.0 Å². The standard InChI is InChI=1S/C15H24ClNO2S/c1-4-9-17-15(6-5-10-20(3,18)19)14-8-7-13(16)11-12(14)2/h7-8,11,15,17H,4-6,9-10H2,1-3H3. The summed E-state index contributed by atoms with van der Waals surface area (Å²) in [6.45, 7) is 5.08. The van der Waals surface area contributed by atoms with Crippen LogP contribution in [0.1, 0.15) is 43.4 Å². The van der Waals surface area contributed by atoms with E-state index in [4.69, 9.17) is 11.6 Å². The van der Waals surface area contributed by atoms with Crippen molar-refractivity contribution in [3.05, 3.63) is 34.3 Å². The van der Waals surface area contributed by atoms with Crippen LogP contribution in [0.4, 0.5) is 0 Å². The molecule has 0 aliphatic rings. The summed E-state index contributed by atoms with van der Waals surface area (Å²) in [4.78, 5) is 0. The third kappa shape index (κ3) is 6.25. The summed E-state index contributed by atoms with van der Waals surface area (Å²) in [5.41, 5.74) is 2.35. The van der Waals surface area contributed by atoms with Gasteiger partial charge in [0.15, 0.2) is 0 Å². The summed E-state index contributed by atoms with van der Waals surface area (Å²) >= 11 is 5.99. The number of sulfone groups is 1. The van der Waals surface area contributed by atoms with Gasteiger partial charge in [0.05, 0.1) is 0 Å². The molecule has 0 saturated heterocycles. The minimum atomic E-state index is -2.89. The molecule has 0 aromatic heterocycles. The van der Waals surface area contributed by atoms with E-state index in [0.29, 0.717) is 6.42 Å². The molecule has 5 heteroatoms. The van der Waals surface area contributed by atoms with Crippen LogP contribution in [0.15, 0.2) is 18.2 Å². The minimum Gasteiger partial charge on any atom is -0.310 e. The maximum Gasteiger partial charge on any atom is 0.147 e. The van der Waals surface area contributed by atoms with Crippen molar-refractivity contribution in [2.75, 3.05) is 18.6 Å². The summed E-state index contributed by atoms with van der Waals surface area (Å²) in [6.07, 6.45) is 3.82. The van der Waals surface area contributed by atoms with Crippen molar-refractivity contribution in [3.63, 3.8) is 0 Å². The van der Waals surface area contributed by atoms with Gasteiger partial charge in [0.1, 0.15) is 9.84 Å². The van der Waals surface area contributed by atoms with Gasteiger partial charge in [-0.25, -0.2) is 8.42 Å². The second-order valence-electron chi connectivity index (χ2n) is 5.28. The number of hydrogen-bond acceptors (Lipinski definition) is 3. The predicted molar refractivity (Wildman–Crippen MR) is 86.2 cm³/mol. The van der Waals surface area contributed by atoms with Crippen molar-refractivity contribution in [2.45, 2.75) is 39.2 Å². The number of aryl methyl sites for hydroxylation is 1. The molecule has 1 aromatic rings. The Morgan fingerprint density at radius 3 is 2.60 bits per heavy atom. The van der Waals surface area contributed by atoms with Crippen LogP contribution >= 0.6 is 11.6 Å². The highest BCUT2D eigenvalue weighted by Crippen LogP contribution is 2.25. The zero-order chi connectivity index (χ0) is 15.2. The first-order valence-corrected chi connectivity index (χ1v) is 9.44. The maximum atomic E-state index is 11.2. The Labute approximate surface area is 127 Å². The highest BCUT2D eigenvalue weighted by Gasteiger charge is 2.14. The van der Waals surface area contributed by atoms with E-state index in [0.717, 1.165) is 30.0 Å². The number of benzene rings is 1. The number of halogens is 1. The van der Waals surface area contributed by atoms with Crippen LogP contribution in [0, 0.1) is 6.92 Å². The summed E-state index contributed by atoms with van der Waals surface area (Å²) in [5, 5.41) is 4.23. The molecule has 114 valence electrons. The second-order valence-corrected chi connectivity index (χ2v) is 7.98. The fourth-order valence-electron chi connectivity index (χ4n) is 2.27. The third-order valence-corrected chi connectivity index (χ3v) is 4.52. The average Bonchev–Trinajstić information content (AvgIpc) is 2.33. The zero-order valence-electron chi connectivity index (χ0n) is 12.4. The molecule has 1 rings (SSSR count). The van der Waals surface area contributed by atoms with E-state index in [1.165, 1.54) is 11.8 Å². The topological polar surface area (TPSA) is 46.2 Å². The Hall–Kier alpha value is -0.580. The summed E-state index contributed by atoms with van der Waals surface area (Å²) in [6, 6.07) is 6.06. The van der Waals surface area contributed by atoms with Crippen molar-refractivity contribution >= 4 is 21.4 Å². The SMILES string of the molecule is CCCNC(CCCS(C)(=O)=O)c1ccc(Cl)cc1C. The van der Waals surface area contributed by atoms with E-state index < -0.39 is 9.84 Å². The largest absolute Gasteiger partial charge is 0.310 e. The highest BCUT2D eigenvalue weighted by molar-refractivity contribution is 7.90. The molecule has 0 amide bonds. The Morgan fingerprint density at radius 1 is 1.35 bits per heavy atom. The summed E-state index contributed by atoms with van der Waals surface area (Å²) < 4.78 is 22.5. The van der Waals surface area contributed by atoms with Gasteiger partial charge >= 0.3 is 0 Å². The molecule has 1 unspecified atom stereocenters. The third-order valence-electron chi connectivity index (χ3n) is 3.26. The molecule has 0 aliphatic carbocycles. The molecule has 0 fully saturated rings. The minimum absolute atomic E-state index is 0.189. The summed E-state index contributed by atoms with van der Waals surface area (Å²) in [5.74, 6) is 0.240. The predicted octanol–water partition coefficient (Wildman–Crippen LogP) is 3.51. The molecular weight excluding hydrogens is 294 g/mol. The van der Waals surface area contributed by atoms with Crippen LogP contribution in [0.25, 0.3) is 0 Å². The van der Waals surface area contributed by atoms with Gasteiger partial charge in [0.2, 0.25) is 0 Å². The lowest BCUT2D eigenvalue weighted by Gasteiger charge is -2.21. The van der Waals surface area contributed by atoms with Crippen LogP contribution in [0.5, 0.6) is 0 Å². The van der Waals surface area contributed by atoms with Crippen LogP contribution in [0.2, 0.25) is 5.02 Å². The van der Waals surface area contributed by atoms with Gasteiger partial charge in [0, 0.05) is 23.1 Å². The fourth-order valence-corrected chi connectivity index (χ4v) is 3.18. The van der Waals surface area contributed by atoms with E-state index in [-0.39, 0.29) is 11.8 Å². The van der Waals surface area contributed by atoms with E-state index in [9.17, 15) is 8.42 Å². The van der Waals surface area contributed by atoms with E-state index >= 15 is 0 Å². The Balaban J connectivity index is 2.77. The number of nitrogens with one attached hydrogen (secondary N) is 1. The van der Waals surface area contributed by atoms with E-state index in [1.54, 1.807) is 0 Å². The Kier molecular flexibility index (Phi) is 7.00. The van der Waals surface area contributed by atoms with Gasteiger partial charge < -0.3 is 5.32 Å². The van der Waals surface area contributed by atoms with E-state index in [2.05, 4.69) is 12.2 Å². The van der Waals surface area contributed by atoms with Crippen LogP contribution in [0.3, 0.4) is 0 Å². The monoisotopic (exact) mass is 317 g/mol. The van der Waals surface area contributed by atoms with Crippen LogP contribution in [-0.4, -0.2) is 27.0 Å². The lowest BCUT2D eigenvalue weighted by Crippen LogP contribution is -2.23. The molecule has 0 aliphatic heterocycles. The molecule has 0 saturated carbocycles. The highest BCUT2D eigenvalue weighted by atomic mass is 35.5. The van der Waals surface area contributed by atoms with E-state index in [1.807, 2.05) is 25.1 Å². The van der Waals surface area contributed by atoms with Gasteiger partial charge in [-0.3, -0.25) is 0 Å². The van der Waals surface area contributed by atoms with Gasteiger partial charge in [0.25, 0.3) is 0 Å². The van der Waals surface area contributed by atoms with Crippen LogP contribution in [-0.2, 0) is 9.84 Å². The van der Waals surface area contributed by atoms with Gasteiger partial charge in [-0.15, -0.1) is 0 Å². The first-order valence-electron chi connectivity index (χ1n) is 7.00. The van der Waals surface area contributed by atoms with Gasteiger partial charge in [-0.1, -0.05) is 24.6 Å². The average molecular weight is 318 g/mol. The van der Waals surface area contributed by atoms with Crippen molar-refractivity contribution in [1.82, 2.24) is 5.32 Å². The molecule has 0 radical (unpaired) electrons. The summed E-state index contributed by atoms with van der Waals surface area (Å²) in [7, 11) is -2.89. The molecule has 0 bridgehead atoms. The fraction of sp³-hybridized carbons (Fsp3) is 0.600. The lowest BCUT2D eigenvalue weighted by molar-refractivity contribution is 0.490. The molecular formula is C15H24ClNO2S. The van der Waals surface area contributed by atoms with Gasteiger partial charge in [-0.2, -0.15) is 0 Å². The van der Waals surface area contributed by atoms with Crippen molar-refractivity contribution in [1.29, 1.82) is 0 Å². The molecule has 20 heavy (non-hydrogen) atoms. The molecule has 0 heterocycles. The quantitative estimate of drug-likeness (QED) is 0.798. The zero-order valence-corrected chi connectivity index (χ0v) is 14.0. The molecule has 1 atom stereocenters. The smallest absolute Gasteiger partial charge is 0.147 e. The number of hydrogen-bond donors (Lipinski definition) is 1. The first kappa shape index (κ1) is 17.5. The lowest BCUT2D eigenvalue weighted by atomic mass is 9.97. The van der Waals surface area contributed by atoms with Crippen molar-refractivity contribution < 1.29 is 8.42 Å². The molecule has 0 spiro atoms. The molecule has 1 aromatic carbocycles. The first-order chi connectivity index (χ1) is 9.33. The van der Waals surface area contributed by atoms with Crippen LogP contribution < -0.4 is 5.32 Å². The Morgan fingerprint density at radius 2 is 2.05 bits per heavy atom. The molecule has 1 N–H and O–H groups in total. The van der Waals surface area contributed by atoms with Crippen molar-refractivity contribution in [3.8, 4) is 0 Å². The molecule has 3 nitrogen and oxygen atoms in total. The maximum absolute atomic E-state index is 11.2. The van der Waals surface area contributed by atoms with Crippen molar-refractivity contribution in [2.24, 2.45) is 0 Å². The Bertz CT molecular complexity index is 529. The second kappa shape index (κ2) is 8.01.